The van der Waals surface area contributed by atoms with Gasteiger partial charge in [0.1, 0.15) is 6.54 Å². The molecule has 7 nitrogen and oxygen atoms in total. The molecule has 8 heteroatoms. The van der Waals surface area contributed by atoms with Crippen molar-refractivity contribution in [2.45, 2.75) is 32.7 Å². The van der Waals surface area contributed by atoms with Crippen molar-refractivity contribution in [1.82, 2.24) is 30.3 Å². The first-order valence-electron chi connectivity index (χ1n) is 6.78. The van der Waals surface area contributed by atoms with Crippen LogP contribution in [0.2, 0.25) is 0 Å². The first kappa shape index (κ1) is 14.8. The molecule has 3 rings (SSSR count). The number of benzene rings is 1. The highest BCUT2D eigenvalue weighted by molar-refractivity contribution is 9.10. The average Bonchev–Trinajstić information content (AvgIpc) is 3.09. The molecule has 3 aromatic rings. The van der Waals surface area contributed by atoms with Crippen LogP contribution in [0.15, 0.2) is 33.3 Å². The fraction of sp³-hybridized carbons (Fsp3) is 0.357. The zero-order chi connectivity index (χ0) is 15.7. The van der Waals surface area contributed by atoms with E-state index < -0.39 is 0 Å². The van der Waals surface area contributed by atoms with Gasteiger partial charge in [-0.25, -0.2) is 0 Å². The maximum atomic E-state index is 5.23. The second kappa shape index (κ2) is 5.60. The molecule has 114 valence electrons. The monoisotopic (exact) mass is 362 g/mol. The summed E-state index contributed by atoms with van der Waals surface area (Å²) in [6, 6.07) is 7.72. The molecular weight excluding hydrogens is 348 g/mol. The Morgan fingerprint density at radius 2 is 1.91 bits per heavy atom. The fourth-order valence-corrected chi connectivity index (χ4v) is 2.03. The van der Waals surface area contributed by atoms with Crippen molar-refractivity contribution in [2.75, 3.05) is 0 Å². The number of hydrogen-bond donors (Lipinski definition) is 0. The topological polar surface area (TPSA) is 82.5 Å². The van der Waals surface area contributed by atoms with Gasteiger partial charge < -0.3 is 4.52 Å². The summed E-state index contributed by atoms with van der Waals surface area (Å²) in [6.07, 6.45) is 0. The van der Waals surface area contributed by atoms with Crippen LogP contribution in [0.1, 0.15) is 32.5 Å². The van der Waals surface area contributed by atoms with Crippen LogP contribution in [0.4, 0.5) is 0 Å². The molecule has 0 amide bonds. The van der Waals surface area contributed by atoms with E-state index in [1.807, 2.05) is 45.0 Å². The van der Waals surface area contributed by atoms with E-state index in [0.29, 0.717) is 24.1 Å². The van der Waals surface area contributed by atoms with E-state index in [-0.39, 0.29) is 5.41 Å². The lowest BCUT2D eigenvalue weighted by Crippen LogP contribution is -2.13. The Balaban J connectivity index is 1.77. The Labute approximate surface area is 135 Å². The van der Waals surface area contributed by atoms with Crippen LogP contribution in [0.5, 0.6) is 0 Å². The highest BCUT2D eigenvalue weighted by atomic mass is 79.9. The predicted molar refractivity (Wildman–Crippen MR) is 83.1 cm³/mol. The van der Waals surface area contributed by atoms with Gasteiger partial charge in [0.15, 0.2) is 5.82 Å². The summed E-state index contributed by atoms with van der Waals surface area (Å²) >= 11 is 3.40. The SMILES string of the molecule is CC(C)(C)c1noc(Cn2nnc(-c3ccc(Br)cc3)n2)n1. The van der Waals surface area contributed by atoms with Gasteiger partial charge in [0, 0.05) is 15.5 Å². The quantitative estimate of drug-likeness (QED) is 0.712. The van der Waals surface area contributed by atoms with Crippen molar-refractivity contribution in [3.63, 3.8) is 0 Å². The van der Waals surface area contributed by atoms with Crippen LogP contribution in [-0.2, 0) is 12.0 Å². The summed E-state index contributed by atoms with van der Waals surface area (Å²) in [6.45, 7) is 6.38. The molecule has 0 atom stereocenters. The van der Waals surface area contributed by atoms with Gasteiger partial charge in [0.25, 0.3) is 0 Å². The summed E-state index contributed by atoms with van der Waals surface area (Å²) in [7, 11) is 0. The van der Waals surface area contributed by atoms with Crippen molar-refractivity contribution in [3.8, 4) is 11.4 Å². The van der Waals surface area contributed by atoms with Crippen LogP contribution >= 0.6 is 15.9 Å². The van der Waals surface area contributed by atoms with Gasteiger partial charge in [-0.15, -0.1) is 10.2 Å². The second-order valence-corrected chi connectivity index (χ2v) is 6.83. The van der Waals surface area contributed by atoms with Crippen LogP contribution < -0.4 is 0 Å². The maximum Gasteiger partial charge on any atom is 0.250 e. The number of rotatable bonds is 3. The van der Waals surface area contributed by atoms with E-state index >= 15 is 0 Å². The Bertz CT molecular complexity index is 771. The molecule has 2 heterocycles. The maximum absolute atomic E-state index is 5.23. The summed E-state index contributed by atoms with van der Waals surface area (Å²) in [4.78, 5) is 5.80. The van der Waals surface area contributed by atoms with Crippen LogP contribution in [0.25, 0.3) is 11.4 Å². The van der Waals surface area contributed by atoms with Crippen molar-refractivity contribution in [3.05, 3.63) is 40.5 Å². The first-order chi connectivity index (χ1) is 10.4. The Morgan fingerprint density at radius 3 is 2.55 bits per heavy atom. The molecule has 0 saturated carbocycles. The van der Waals surface area contributed by atoms with E-state index in [9.17, 15) is 0 Å². The van der Waals surface area contributed by atoms with Gasteiger partial charge in [-0.1, -0.05) is 41.9 Å². The average molecular weight is 363 g/mol. The summed E-state index contributed by atoms with van der Waals surface area (Å²) in [5, 5.41) is 16.4. The number of aromatic nitrogens is 6. The zero-order valence-corrected chi connectivity index (χ0v) is 14.1. The van der Waals surface area contributed by atoms with Crippen molar-refractivity contribution in [2.24, 2.45) is 0 Å². The number of tetrazole rings is 1. The normalized spacial score (nSPS) is 11.8. The van der Waals surface area contributed by atoms with E-state index in [1.165, 1.54) is 4.80 Å². The molecule has 0 spiro atoms. The minimum Gasteiger partial charge on any atom is -0.337 e. The van der Waals surface area contributed by atoms with Gasteiger partial charge in [-0.2, -0.15) is 9.78 Å². The molecule has 0 bridgehead atoms. The van der Waals surface area contributed by atoms with Gasteiger partial charge in [-0.05, 0) is 29.5 Å². The number of nitrogens with zero attached hydrogens (tertiary/aromatic N) is 6. The Hall–Kier alpha value is -2.09. The molecule has 0 radical (unpaired) electrons. The molecule has 0 aliphatic rings. The summed E-state index contributed by atoms with van der Waals surface area (Å²) in [5.74, 6) is 1.68. The first-order valence-corrected chi connectivity index (χ1v) is 7.58. The lowest BCUT2D eigenvalue weighted by molar-refractivity contribution is 0.345. The zero-order valence-electron chi connectivity index (χ0n) is 12.5. The van der Waals surface area contributed by atoms with Crippen molar-refractivity contribution >= 4 is 15.9 Å². The van der Waals surface area contributed by atoms with Gasteiger partial charge >= 0.3 is 0 Å². The predicted octanol–water partition coefficient (Wildman–Crippen LogP) is 2.83. The molecule has 22 heavy (non-hydrogen) atoms. The molecule has 0 N–H and O–H groups in total. The molecule has 0 aliphatic carbocycles. The molecule has 2 aromatic heterocycles. The third kappa shape index (κ3) is 3.22. The smallest absolute Gasteiger partial charge is 0.250 e. The van der Waals surface area contributed by atoms with Crippen LogP contribution in [0.3, 0.4) is 0 Å². The minimum atomic E-state index is -0.153. The minimum absolute atomic E-state index is 0.153. The fourth-order valence-electron chi connectivity index (χ4n) is 1.77. The van der Waals surface area contributed by atoms with Crippen LogP contribution in [-0.4, -0.2) is 30.3 Å². The third-order valence-corrected chi connectivity index (χ3v) is 3.50. The van der Waals surface area contributed by atoms with E-state index in [4.69, 9.17) is 4.52 Å². The highest BCUT2D eigenvalue weighted by Crippen LogP contribution is 2.19. The van der Waals surface area contributed by atoms with E-state index in [2.05, 4.69) is 41.5 Å². The molecule has 1 aromatic carbocycles. The van der Waals surface area contributed by atoms with E-state index in [0.717, 1.165) is 10.0 Å². The van der Waals surface area contributed by atoms with E-state index in [1.54, 1.807) is 0 Å². The van der Waals surface area contributed by atoms with Crippen LogP contribution in [0, 0.1) is 0 Å². The molecule has 0 saturated heterocycles. The van der Waals surface area contributed by atoms with Gasteiger partial charge in [-0.3, -0.25) is 0 Å². The Kier molecular flexibility index (Phi) is 3.78. The number of hydrogen-bond acceptors (Lipinski definition) is 6. The van der Waals surface area contributed by atoms with Crippen molar-refractivity contribution < 1.29 is 4.52 Å². The summed E-state index contributed by atoms with van der Waals surface area (Å²) < 4.78 is 6.23. The van der Waals surface area contributed by atoms with Gasteiger partial charge in [0.05, 0.1) is 0 Å². The lowest BCUT2D eigenvalue weighted by Gasteiger charge is -2.10. The van der Waals surface area contributed by atoms with Crippen molar-refractivity contribution in [1.29, 1.82) is 0 Å². The largest absolute Gasteiger partial charge is 0.337 e. The lowest BCUT2D eigenvalue weighted by atomic mass is 9.96. The summed E-state index contributed by atoms with van der Waals surface area (Å²) in [5.41, 5.74) is 0.746. The molecule has 0 aliphatic heterocycles. The number of halogens is 1. The standard InChI is InChI=1S/C14H15BrN6O/c1-14(2,3)13-16-11(22-19-13)8-21-18-12(17-20-21)9-4-6-10(15)7-5-9/h4-7H,8H2,1-3H3. The molecular formula is C14H15BrN6O. The second-order valence-electron chi connectivity index (χ2n) is 5.91. The Morgan fingerprint density at radius 1 is 1.18 bits per heavy atom. The molecule has 0 unspecified atom stereocenters. The molecule has 0 fully saturated rings. The third-order valence-electron chi connectivity index (χ3n) is 2.97. The van der Waals surface area contributed by atoms with Gasteiger partial charge in [0.2, 0.25) is 11.7 Å². The highest BCUT2D eigenvalue weighted by Gasteiger charge is 2.21.